The van der Waals surface area contributed by atoms with Crippen molar-refractivity contribution in [2.75, 3.05) is 31.7 Å². The Morgan fingerprint density at radius 1 is 1.39 bits per heavy atom. The van der Waals surface area contributed by atoms with E-state index in [1.807, 2.05) is 35.2 Å². The molecule has 0 fully saturated rings. The van der Waals surface area contributed by atoms with Crippen LogP contribution in [0.15, 0.2) is 36.5 Å². The molecule has 0 bridgehead atoms. The van der Waals surface area contributed by atoms with Gasteiger partial charge >= 0.3 is 0 Å². The summed E-state index contributed by atoms with van der Waals surface area (Å²) in [5.41, 5.74) is 1.29. The van der Waals surface area contributed by atoms with Crippen molar-refractivity contribution in [2.45, 2.75) is 0 Å². The molecule has 1 atom stereocenters. The van der Waals surface area contributed by atoms with Gasteiger partial charge in [-0.15, -0.1) is 0 Å². The second-order valence-electron chi connectivity index (χ2n) is 5.28. The average molecular weight is 308 g/mol. The van der Waals surface area contributed by atoms with Crippen LogP contribution in [0.2, 0.25) is 0 Å². The van der Waals surface area contributed by atoms with Crippen LogP contribution in [0.3, 0.4) is 0 Å². The Bertz CT molecular complexity index is 755. The van der Waals surface area contributed by atoms with Crippen LogP contribution in [0, 0.1) is 17.2 Å². The molecule has 0 amide bonds. The Kier molecular flexibility index (Phi) is 4.31. The number of aromatic nitrogens is 2. The molecule has 3 rings (SSSR count). The van der Waals surface area contributed by atoms with Crippen LogP contribution < -0.4 is 4.90 Å². The zero-order valence-electron chi connectivity index (χ0n) is 12.8. The van der Waals surface area contributed by atoms with E-state index in [0.717, 1.165) is 5.56 Å². The molecule has 1 aromatic carbocycles. The van der Waals surface area contributed by atoms with Gasteiger partial charge in [-0.25, -0.2) is 9.97 Å². The van der Waals surface area contributed by atoms with Crippen LogP contribution in [-0.2, 0) is 4.74 Å². The maximum Gasteiger partial charge on any atom is 0.187 e. The van der Waals surface area contributed by atoms with Crippen molar-refractivity contribution in [3.05, 3.63) is 42.1 Å². The van der Waals surface area contributed by atoms with Crippen molar-refractivity contribution < 1.29 is 9.53 Å². The number of Topliss-reactive ketones (excluding diaryl/α,β-unsaturated/α-hetero) is 1. The molecule has 2 heterocycles. The van der Waals surface area contributed by atoms with Gasteiger partial charge in [0.1, 0.15) is 11.7 Å². The summed E-state index contributed by atoms with van der Waals surface area (Å²) in [6, 6.07) is 11.7. The third-order valence-corrected chi connectivity index (χ3v) is 3.81. The summed E-state index contributed by atoms with van der Waals surface area (Å²) >= 11 is 0. The molecule has 1 unspecified atom stereocenters. The molecule has 2 aromatic rings. The Morgan fingerprint density at radius 3 is 2.87 bits per heavy atom. The number of benzene rings is 1. The average Bonchev–Trinajstić information content (AvgIpc) is 2.61. The molecular formula is C17H16N4O2. The molecule has 1 aliphatic heterocycles. The molecule has 0 saturated carbocycles. The molecular weight excluding hydrogens is 292 g/mol. The van der Waals surface area contributed by atoms with Crippen molar-refractivity contribution in [1.82, 2.24) is 9.97 Å². The van der Waals surface area contributed by atoms with Crippen LogP contribution in [-0.4, -0.2) is 42.6 Å². The third-order valence-electron chi connectivity index (χ3n) is 3.81. The quantitative estimate of drug-likeness (QED) is 0.858. The lowest BCUT2D eigenvalue weighted by molar-refractivity contribution is 0.0942. The Morgan fingerprint density at radius 2 is 2.17 bits per heavy atom. The Labute approximate surface area is 134 Å². The van der Waals surface area contributed by atoms with E-state index in [0.29, 0.717) is 36.9 Å². The van der Waals surface area contributed by atoms with Crippen LogP contribution >= 0.6 is 0 Å². The number of nitriles is 1. The van der Waals surface area contributed by atoms with Crippen LogP contribution in [0.1, 0.15) is 10.4 Å². The normalized spacial score (nSPS) is 16.8. The van der Waals surface area contributed by atoms with E-state index in [4.69, 9.17) is 4.74 Å². The van der Waals surface area contributed by atoms with Gasteiger partial charge < -0.3 is 9.64 Å². The molecule has 0 aliphatic carbocycles. The Hall–Kier alpha value is -2.78. The van der Waals surface area contributed by atoms with Gasteiger partial charge in [-0.2, -0.15) is 5.26 Å². The maximum atomic E-state index is 12.4. The fourth-order valence-electron chi connectivity index (χ4n) is 2.59. The van der Waals surface area contributed by atoms with E-state index in [2.05, 4.69) is 16.0 Å². The lowest BCUT2D eigenvalue weighted by atomic mass is 9.95. The first-order chi connectivity index (χ1) is 11.2. The molecule has 6 heteroatoms. The topological polar surface area (TPSA) is 79.1 Å². The zero-order chi connectivity index (χ0) is 16.2. The number of hydrogen-bond donors (Lipinski definition) is 0. The molecule has 23 heavy (non-hydrogen) atoms. The number of ketones is 1. The summed E-state index contributed by atoms with van der Waals surface area (Å²) in [7, 11) is 1.62. The van der Waals surface area contributed by atoms with E-state index in [9.17, 15) is 10.1 Å². The number of methoxy groups -OCH3 is 1. The minimum Gasteiger partial charge on any atom is -0.383 e. The lowest BCUT2D eigenvalue weighted by Crippen LogP contribution is -2.41. The minimum absolute atomic E-state index is 0.212. The Balaban J connectivity index is 2.04. The molecule has 1 aliphatic rings. The molecule has 0 spiro atoms. The highest BCUT2D eigenvalue weighted by Crippen LogP contribution is 2.29. The van der Waals surface area contributed by atoms with Crippen molar-refractivity contribution in [3.63, 3.8) is 0 Å². The number of nitrogens with zero attached hydrogens (tertiary/aromatic N) is 4. The van der Waals surface area contributed by atoms with Crippen molar-refractivity contribution >= 4 is 11.6 Å². The van der Waals surface area contributed by atoms with Gasteiger partial charge in [0.05, 0.1) is 18.2 Å². The van der Waals surface area contributed by atoms with E-state index in [1.165, 1.54) is 6.20 Å². The van der Waals surface area contributed by atoms with E-state index in [1.54, 1.807) is 7.11 Å². The number of anilines is 1. The third kappa shape index (κ3) is 2.91. The number of fused-ring (bicyclic) bond motifs is 1. The molecule has 116 valence electrons. The summed E-state index contributed by atoms with van der Waals surface area (Å²) in [5, 5.41) is 9.19. The van der Waals surface area contributed by atoms with Crippen LogP contribution in [0.25, 0.3) is 11.4 Å². The highest BCUT2D eigenvalue weighted by atomic mass is 16.5. The van der Waals surface area contributed by atoms with E-state index in [-0.39, 0.29) is 5.78 Å². The number of ether oxygens (including phenoxy) is 1. The summed E-state index contributed by atoms with van der Waals surface area (Å²) in [6.07, 6.45) is 1.52. The smallest absolute Gasteiger partial charge is 0.187 e. The van der Waals surface area contributed by atoms with Gasteiger partial charge in [0, 0.05) is 32.0 Å². The van der Waals surface area contributed by atoms with Crippen molar-refractivity contribution in [3.8, 4) is 17.5 Å². The number of rotatable bonds is 4. The van der Waals surface area contributed by atoms with Gasteiger partial charge in [-0.05, 0) is 0 Å². The first-order valence-corrected chi connectivity index (χ1v) is 7.34. The van der Waals surface area contributed by atoms with E-state index >= 15 is 0 Å². The predicted molar refractivity (Wildman–Crippen MR) is 85.0 cm³/mol. The molecule has 0 saturated heterocycles. The van der Waals surface area contributed by atoms with Crippen LogP contribution in [0.5, 0.6) is 0 Å². The van der Waals surface area contributed by atoms with E-state index < -0.39 is 5.92 Å². The predicted octanol–water partition coefficient (Wildman–Crippen LogP) is 1.93. The first-order valence-electron chi connectivity index (χ1n) is 7.34. The largest absolute Gasteiger partial charge is 0.383 e. The minimum atomic E-state index is -0.689. The molecule has 1 aromatic heterocycles. The number of carbonyl (C=O) groups is 1. The second-order valence-corrected chi connectivity index (χ2v) is 5.28. The van der Waals surface area contributed by atoms with Gasteiger partial charge in [-0.1, -0.05) is 30.3 Å². The van der Waals surface area contributed by atoms with Crippen molar-refractivity contribution in [1.29, 1.82) is 5.26 Å². The lowest BCUT2D eigenvalue weighted by Gasteiger charge is -2.31. The SMILES string of the molecule is COCCN1CC(C#N)C(=O)c2cnc(-c3ccccc3)nc21. The molecule has 6 nitrogen and oxygen atoms in total. The maximum absolute atomic E-state index is 12.4. The first kappa shape index (κ1) is 15.1. The molecule has 0 radical (unpaired) electrons. The van der Waals surface area contributed by atoms with Gasteiger partial charge in [-0.3, -0.25) is 4.79 Å². The van der Waals surface area contributed by atoms with Crippen molar-refractivity contribution in [2.24, 2.45) is 5.92 Å². The summed E-state index contributed by atoms with van der Waals surface area (Å²) in [6.45, 7) is 1.40. The van der Waals surface area contributed by atoms with Gasteiger partial charge in [0.2, 0.25) is 0 Å². The summed E-state index contributed by atoms with van der Waals surface area (Å²) in [4.78, 5) is 23.1. The fourth-order valence-corrected chi connectivity index (χ4v) is 2.59. The zero-order valence-corrected chi connectivity index (χ0v) is 12.8. The van der Waals surface area contributed by atoms with Crippen LogP contribution in [0.4, 0.5) is 5.82 Å². The highest BCUT2D eigenvalue weighted by Gasteiger charge is 2.33. The highest BCUT2D eigenvalue weighted by molar-refractivity contribution is 6.05. The van der Waals surface area contributed by atoms with Gasteiger partial charge in [0.15, 0.2) is 11.6 Å². The second kappa shape index (κ2) is 6.55. The summed E-state index contributed by atoms with van der Waals surface area (Å²) in [5.74, 6) is 0.240. The standard InChI is InChI=1S/C17H16N4O2/c1-23-8-7-21-11-13(9-18)15(22)14-10-19-16(20-17(14)21)12-5-3-2-4-6-12/h2-6,10,13H,7-8,11H2,1H3. The molecule has 0 N–H and O–H groups in total. The monoisotopic (exact) mass is 308 g/mol. The number of carbonyl (C=O) groups excluding carboxylic acids is 1. The summed E-state index contributed by atoms with van der Waals surface area (Å²) < 4.78 is 5.12. The fraction of sp³-hybridized carbons (Fsp3) is 0.294. The van der Waals surface area contributed by atoms with Gasteiger partial charge in [0.25, 0.3) is 0 Å². The number of hydrogen-bond acceptors (Lipinski definition) is 6.